The van der Waals surface area contributed by atoms with Gasteiger partial charge in [-0.1, -0.05) is 34.1 Å². The van der Waals surface area contributed by atoms with Gasteiger partial charge in [-0.25, -0.2) is 4.98 Å². The molecule has 0 radical (unpaired) electrons. The summed E-state index contributed by atoms with van der Waals surface area (Å²) in [4.78, 5) is 19.2. The largest absolute Gasteiger partial charge is 0.494 e. The Labute approximate surface area is 204 Å². The molecule has 0 bridgehead atoms. The van der Waals surface area contributed by atoms with Crippen LogP contribution in [0.25, 0.3) is 10.9 Å². The van der Waals surface area contributed by atoms with E-state index in [1.807, 2.05) is 10.6 Å². The zero-order valence-electron chi connectivity index (χ0n) is 21.5. The van der Waals surface area contributed by atoms with Gasteiger partial charge in [0, 0.05) is 29.4 Å². The van der Waals surface area contributed by atoms with E-state index in [0.717, 1.165) is 43.6 Å². The van der Waals surface area contributed by atoms with Gasteiger partial charge in [0.1, 0.15) is 11.4 Å². The van der Waals surface area contributed by atoms with Crippen molar-refractivity contribution in [3.8, 4) is 5.75 Å². The summed E-state index contributed by atoms with van der Waals surface area (Å²) in [6.45, 7) is 14.7. The van der Waals surface area contributed by atoms with Crippen LogP contribution in [0.2, 0.25) is 18.1 Å². The molecule has 0 aliphatic rings. The number of H-pyrrole nitrogens is 1. The molecule has 0 fully saturated rings. The van der Waals surface area contributed by atoms with Gasteiger partial charge >= 0.3 is 0 Å². The topological polar surface area (TPSA) is 95.2 Å². The lowest BCUT2D eigenvalue weighted by Crippen LogP contribution is -2.42. The lowest BCUT2D eigenvalue weighted by atomic mass is 10.0. The number of nitrogens with zero attached hydrogens (tertiary/aromatic N) is 2. The summed E-state index contributed by atoms with van der Waals surface area (Å²) in [7, 11) is -1.92. The first kappa shape index (κ1) is 26.0. The minimum absolute atomic E-state index is 0.0522. The number of primary amides is 1. The molecule has 3 N–H and O–H groups in total. The van der Waals surface area contributed by atoms with E-state index in [1.54, 1.807) is 12.5 Å². The van der Waals surface area contributed by atoms with Gasteiger partial charge in [0.25, 0.3) is 5.91 Å². The lowest BCUT2D eigenvalue weighted by Gasteiger charge is -2.37. The van der Waals surface area contributed by atoms with E-state index in [1.165, 1.54) is 10.9 Å². The number of hydrogen-bond acceptors (Lipinski definition) is 4. The van der Waals surface area contributed by atoms with Crippen LogP contribution >= 0.6 is 0 Å². The number of carbonyl (C=O) groups is 1. The van der Waals surface area contributed by atoms with Crippen molar-refractivity contribution in [2.45, 2.75) is 77.6 Å². The third-order valence-electron chi connectivity index (χ3n) is 6.97. The second kappa shape index (κ2) is 10.8. The Kier molecular flexibility index (Phi) is 8.25. The van der Waals surface area contributed by atoms with Gasteiger partial charge in [0.2, 0.25) is 0 Å². The van der Waals surface area contributed by atoms with Crippen molar-refractivity contribution in [1.29, 1.82) is 0 Å². The summed E-state index contributed by atoms with van der Waals surface area (Å²) in [5.74, 6) is 0.379. The molecule has 186 valence electrons. The zero-order chi connectivity index (χ0) is 24.9. The Bertz CT molecular complexity index is 1100. The van der Waals surface area contributed by atoms with Crippen LogP contribution in [0.3, 0.4) is 0 Å². The molecule has 1 atom stereocenters. The number of nitrogens with two attached hydrogens (primary N) is 1. The van der Waals surface area contributed by atoms with Crippen LogP contribution in [0, 0.1) is 0 Å². The highest BCUT2D eigenvalue weighted by atomic mass is 28.4. The fraction of sp³-hybridized carbons (Fsp3) is 0.538. The zero-order valence-corrected chi connectivity index (χ0v) is 22.5. The van der Waals surface area contributed by atoms with Crippen LogP contribution < -0.4 is 10.5 Å². The quantitative estimate of drug-likeness (QED) is 0.249. The number of fused-ring (bicyclic) bond motifs is 1. The van der Waals surface area contributed by atoms with E-state index in [4.69, 9.17) is 14.9 Å². The second-order valence-electron chi connectivity index (χ2n) is 10.6. The Morgan fingerprint density at radius 3 is 2.71 bits per heavy atom. The van der Waals surface area contributed by atoms with Gasteiger partial charge in [-0.05, 0) is 55.1 Å². The number of aryl methyl sites for hydroxylation is 1. The molecule has 0 aliphatic carbocycles. The minimum atomic E-state index is -1.92. The van der Waals surface area contributed by atoms with E-state index in [0.29, 0.717) is 6.61 Å². The first-order valence-corrected chi connectivity index (χ1v) is 15.1. The van der Waals surface area contributed by atoms with Gasteiger partial charge in [-0.3, -0.25) is 4.79 Å². The molecule has 2 aromatic heterocycles. The summed E-state index contributed by atoms with van der Waals surface area (Å²) in [5, 5.41) is 1.33. The molecule has 0 aliphatic heterocycles. The number of carbonyl (C=O) groups excluding carboxylic acids is 1. The highest BCUT2D eigenvalue weighted by molar-refractivity contribution is 6.74. The first-order valence-electron chi connectivity index (χ1n) is 12.2. The molecule has 2 heterocycles. The maximum absolute atomic E-state index is 11.6. The average molecular weight is 485 g/mol. The van der Waals surface area contributed by atoms with Crippen molar-refractivity contribution < 1.29 is 14.0 Å². The van der Waals surface area contributed by atoms with Crippen LogP contribution in [-0.2, 0) is 10.8 Å². The number of unbranched alkanes of at least 4 members (excludes halogenated alkanes) is 1. The normalized spacial score (nSPS) is 13.4. The van der Waals surface area contributed by atoms with Gasteiger partial charge < -0.3 is 24.4 Å². The maximum atomic E-state index is 11.6. The fourth-order valence-corrected chi connectivity index (χ4v) is 4.66. The first-order chi connectivity index (χ1) is 16.0. The maximum Gasteiger partial charge on any atom is 0.268 e. The summed E-state index contributed by atoms with van der Waals surface area (Å²) < 4.78 is 14.4. The van der Waals surface area contributed by atoms with E-state index in [-0.39, 0.29) is 16.8 Å². The smallest absolute Gasteiger partial charge is 0.268 e. The molecule has 34 heavy (non-hydrogen) atoms. The van der Waals surface area contributed by atoms with E-state index in [9.17, 15) is 4.79 Å². The Balaban J connectivity index is 1.75. The molecular weight excluding hydrogens is 444 g/mol. The number of hydrogen-bond donors (Lipinski definition) is 2. The van der Waals surface area contributed by atoms with Crippen LogP contribution in [0.4, 0.5) is 0 Å². The van der Waals surface area contributed by atoms with Crippen molar-refractivity contribution in [2.75, 3.05) is 13.2 Å². The fourth-order valence-electron chi connectivity index (χ4n) is 3.62. The molecular formula is C26H40N4O3Si. The molecule has 0 unspecified atom stereocenters. The van der Waals surface area contributed by atoms with Crippen LogP contribution in [0.1, 0.15) is 69.1 Å². The van der Waals surface area contributed by atoms with E-state index < -0.39 is 14.2 Å². The van der Waals surface area contributed by atoms with Gasteiger partial charge in [-0.15, -0.1) is 0 Å². The molecule has 0 saturated heterocycles. The number of nitrogens with one attached hydrogen (secondary N) is 1. The SMILES string of the molecule is CCCCOc1ccc2c(CC[C@H](CO[Si](C)(C)C(C)(C)C)n3cnc(C(N)=O)c3)c[nH]c2c1. The predicted octanol–water partition coefficient (Wildman–Crippen LogP) is 5.84. The van der Waals surface area contributed by atoms with E-state index in [2.05, 4.69) is 69.1 Å². The Morgan fingerprint density at radius 1 is 1.29 bits per heavy atom. The summed E-state index contributed by atoms with van der Waals surface area (Å²) in [6.07, 6.45) is 9.39. The number of aromatic nitrogens is 3. The monoisotopic (exact) mass is 484 g/mol. The highest BCUT2D eigenvalue weighted by Crippen LogP contribution is 2.37. The molecule has 3 aromatic rings. The number of aromatic amines is 1. The molecule has 1 amide bonds. The summed E-state index contributed by atoms with van der Waals surface area (Å²) in [5.41, 5.74) is 8.05. The number of benzene rings is 1. The van der Waals surface area contributed by atoms with Crippen molar-refractivity contribution in [3.63, 3.8) is 0 Å². The van der Waals surface area contributed by atoms with Gasteiger partial charge in [0.15, 0.2) is 8.32 Å². The second-order valence-corrected chi connectivity index (χ2v) is 15.4. The number of ether oxygens (including phenoxy) is 1. The van der Waals surface area contributed by atoms with Crippen molar-refractivity contribution in [1.82, 2.24) is 14.5 Å². The predicted molar refractivity (Wildman–Crippen MR) is 140 cm³/mol. The Morgan fingerprint density at radius 2 is 2.06 bits per heavy atom. The molecule has 1 aromatic carbocycles. The van der Waals surface area contributed by atoms with Crippen molar-refractivity contribution in [2.24, 2.45) is 5.73 Å². The van der Waals surface area contributed by atoms with Crippen molar-refractivity contribution >= 4 is 25.1 Å². The third-order valence-corrected chi connectivity index (χ3v) is 11.5. The lowest BCUT2D eigenvalue weighted by molar-refractivity contribution is 0.0995. The van der Waals surface area contributed by atoms with Crippen LogP contribution in [0.15, 0.2) is 36.9 Å². The molecule has 0 saturated carbocycles. The summed E-state index contributed by atoms with van der Waals surface area (Å²) >= 11 is 0. The minimum Gasteiger partial charge on any atom is -0.494 e. The molecule has 8 heteroatoms. The van der Waals surface area contributed by atoms with Crippen LogP contribution in [-0.4, -0.2) is 42.0 Å². The number of imidazole rings is 1. The van der Waals surface area contributed by atoms with Gasteiger partial charge in [-0.2, -0.15) is 0 Å². The van der Waals surface area contributed by atoms with E-state index >= 15 is 0 Å². The number of amides is 1. The molecule has 7 nitrogen and oxygen atoms in total. The summed E-state index contributed by atoms with van der Waals surface area (Å²) in [6, 6.07) is 6.30. The third kappa shape index (κ3) is 6.30. The van der Waals surface area contributed by atoms with Gasteiger partial charge in [0.05, 0.1) is 25.6 Å². The molecule has 3 rings (SSSR count). The standard InChI is InChI=1S/C26H40N4O3Si/c1-7-8-13-32-21-11-12-22-19(15-28-23(22)14-21)9-10-20(17-33-34(5,6)26(2,3)4)30-16-24(25(27)31)29-18-30/h11-12,14-16,18,20,28H,7-10,13,17H2,1-6H3,(H2,27,31)/t20-/m1/s1. The van der Waals surface area contributed by atoms with Crippen molar-refractivity contribution in [3.05, 3.63) is 48.2 Å². The number of rotatable bonds is 12. The Hall–Kier alpha value is -2.58. The molecule has 0 spiro atoms. The highest BCUT2D eigenvalue weighted by Gasteiger charge is 2.37. The average Bonchev–Trinajstić information content (AvgIpc) is 3.41. The van der Waals surface area contributed by atoms with Crippen LogP contribution in [0.5, 0.6) is 5.75 Å².